The lowest BCUT2D eigenvalue weighted by atomic mass is 9.80. The Morgan fingerprint density at radius 1 is 0.623 bits per heavy atom. The molecule has 3 aromatic rings. The molecule has 4 amide bonds. The molecule has 0 fully saturated rings. The SMILES string of the molecule is CCOC(=O)C1=C(COCCN2C(=O)c3ccccc3C2=O)NC(COCCN2C(=O)c3ccccc3C2=O)=C(C(=O)OCC)C1c1ccccc1Cl. The predicted molar refractivity (Wildman–Crippen MR) is 190 cm³/mol. The molecule has 53 heavy (non-hydrogen) atoms. The number of nitrogens with one attached hydrogen (secondary N) is 1. The van der Waals surface area contributed by atoms with Gasteiger partial charge in [-0.15, -0.1) is 0 Å². The normalized spacial score (nSPS) is 15.6. The summed E-state index contributed by atoms with van der Waals surface area (Å²) in [4.78, 5) is 81.3. The van der Waals surface area contributed by atoms with Gasteiger partial charge in [-0.05, 0) is 49.7 Å². The van der Waals surface area contributed by atoms with Gasteiger partial charge in [0.25, 0.3) is 23.6 Å². The standard InChI is InChI=1S/C39H36ClN3O10/c1-3-52-38(48)32-29(21-50-19-17-42-34(44)23-11-5-6-12-24(23)35(42)45)41-30(33(39(49)53-4-2)31(32)27-15-9-10-16-28(27)40)22-51-20-18-43-36(46)25-13-7-8-14-26(25)37(43)47/h5-16,31,41H,3-4,17-22H2,1-2H3. The Morgan fingerprint density at radius 2 is 1.00 bits per heavy atom. The Labute approximate surface area is 310 Å². The van der Waals surface area contributed by atoms with Gasteiger partial charge in [-0.2, -0.15) is 0 Å². The van der Waals surface area contributed by atoms with Gasteiger partial charge in [0.05, 0.1) is 103 Å². The van der Waals surface area contributed by atoms with Crippen LogP contribution in [-0.4, -0.2) is 98.1 Å². The molecule has 274 valence electrons. The number of hydrogen-bond donors (Lipinski definition) is 1. The highest BCUT2D eigenvalue weighted by Gasteiger charge is 2.41. The maximum absolute atomic E-state index is 13.8. The summed E-state index contributed by atoms with van der Waals surface area (Å²) in [5.74, 6) is -4.30. The smallest absolute Gasteiger partial charge is 0.336 e. The molecule has 0 spiro atoms. The van der Waals surface area contributed by atoms with Crippen molar-refractivity contribution in [2.24, 2.45) is 0 Å². The second-order valence-electron chi connectivity index (χ2n) is 12.0. The maximum atomic E-state index is 13.8. The topological polar surface area (TPSA) is 158 Å². The molecular weight excluding hydrogens is 706 g/mol. The van der Waals surface area contributed by atoms with Crippen LogP contribution in [0.1, 0.15) is 66.8 Å². The van der Waals surface area contributed by atoms with Gasteiger partial charge in [0.15, 0.2) is 0 Å². The molecule has 0 saturated carbocycles. The first kappa shape index (κ1) is 37.1. The number of benzene rings is 3. The van der Waals surface area contributed by atoms with Crippen molar-refractivity contribution in [2.45, 2.75) is 19.8 Å². The zero-order chi connectivity index (χ0) is 37.6. The van der Waals surface area contributed by atoms with Gasteiger partial charge in [0, 0.05) is 5.02 Å². The number of ether oxygens (including phenoxy) is 4. The van der Waals surface area contributed by atoms with Crippen molar-refractivity contribution in [2.75, 3.05) is 52.7 Å². The number of carbonyl (C=O) groups excluding carboxylic acids is 6. The number of nitrogens with zero attached hydrogens (tertiary/aromatic N) is 2. The molecule has 1 N–H and O–H groups in total. The van der Waals surface area contributed by atoms with Gasteiger partial charge in [0.1, 0.15) is 0 Å². The van der Waals surface area contributed by atoms with E-state index in [2.05, 4.69) is 5.32 Å². The molecule has 0 aliphatic carbocycles. The number of fused-ring (bicyclic) bond motifs is 2. The quantitative estimate of drug-likeness (QED) is 0.135. The second kappa shape index (κ2) is 16.4. The van der Waals surface area contributed by atoms with Crippen LogP contribution in [0.25, 0.3) is 0 Å². The van der Waals surface area contributed by atoms with E-state index in [1.165, 1.54) is 0 Å². The molecule has 3 aromatic carbocycles. The molecule has 3 heterocycles. The highest BCUT2D eigenvalue weighted by atomic mass is 35.5. The summed E-state index contributed by atoms with van der Waals surface area (Å²) in [5, 5.41) is 3.41. The number of halogens is 1. The number of esters is 2. The van der Waals surface area contributed by atoms with Crippen molar-refractivity contribution in [1.29, 1.82) is 0 Å². The van der Waals surface area contributed by atoms with Crippen LogP contribution >= 0.6 is 11.6 Å². The van der Waals surface area contributed by atoms with Crippen LogP contribution in [0.3, 0.4) is 0 Å². The van der Waals surface area contributed by atoms with Crippen molar-refractivity contribution in [1.82, 2.24) is 15.1 Å². The Bertz CT molecular complexity index is 1870. The van der Waals surface area contributed by atoms with Gasteiger partial charge in [-0.3, -0.25) is 29.0 Å². The number of dihydropyridines is 1. The molecule has 0 aromatic heterocycles. The summed E-state index contributed by atoms with van der Waals surface area (Å²) in [6.07, 6.45) is 0. The summed E-state index contributed by atoms with van der Waals surface area (Å²) in [5.41, 5.74) is 2.18. The minimum absolute atomic E-state index is 0.0255. The van der Waals surface area contributed by atoms with Crippen LogP contribution in [0.5, 0.6) is 0 Å². The molecule has 0 bridgehead atoms. The van der Waals surface area contributed by atoms with E-state index in [4.69, 9.17) is 30.5 Å². The van der Waals surface area contributed by atoms with Crippen LogP contribution in [-0.2, 0) is 28.5 Å². The first-order chi connectivity index (χ1) is 25.7. The monoisotopic (exact) mass is 741 g/mol. The lowest BCUT2D eigenvalue weighted by Gasteiger charge is -2.33. The van der Waals surface area contributed by atoms with Gasteiger partial charge in [0.2, 0.25) is 0 Å². The Kier molecular flexibility index (Phi) is 11.5. The first-order valence-corrected chi connectivity index (χ1v) is 17.4. The summed E-state index contributed by atoms with van der Waals surface area (Å²) in [7, 11) is 0. The van der Waals surface area contributed by atoms with Crippen molar-refractivity contribution in [3.05, 3.63) is 128 Å². The molecule has 3 aliphatic rings. The number of amides is 4. The molecule has 0 unspecified atom stereocenters. The van der Waals surface area contributed by atoms with Crippen molar-refractivity contribution < 1.29 is 47.7 Å². The van der Waals surface area contributed by atoms with E-state index in [1.807, 2.05) is 0 Å². The molecular formula is C39H36ClN3O10. The molecule has 13 nitrogen and oxygen atoms in total. The third-order valence-corrected chi connectivity index (χ3v) is 9.25. The van der Waals surface area contributed by atoms with Gasteiger partial charge >= 0.3 is 11.9 Å². The van der Waals surface area contributed by atoms with Gasteiger partial charge in [-0.25, -0.2) is 9.59 Å². The number of rotatable bonds is 15. The lowest BCUT2D eigenvalue weighted by molar-refractivity contribution is -0.139. The summed E-state index contributed by atoms with van der Waals surface area (Å²) in [6, 6.07) is 19.8. The molecule has 0 saturated heterocycles. The average Bonchev–Trinajstić information content (AvgIpc) is 3.55. The third kappa shape index (κ3) is 7.36. The lowest BCUT2D eigenvalue weighted by Crippen LogP contribution is -2.38. The van der Waals surface area contributed by atoms with E-state index in [1.54, 1.807) is 86.6 Å². The average molecular weight is 742 g/mol. The highest BCUT2D eigenvalue weighted by molar-refractivity contribution is 6.31. The van der Waals surface area contributed by atoms with E-state index in [9.17, 15) is 28.8 Å². The first-order valence-electron chi connectivity index (χ1n) is 17.1. The van der Waals surface area contributed by atoms with Crippen LogP contribution in [0.15, 0.2) is 95.3 Å². The van der Waals surface area contributed by atoms with Crippen molar-refractivity contribution in [3.8, 4) is 0 Å². The fraction of sp³-hybridized carbons (Fsp3) is 0.282. The van der Waals surface area contributed by atoms with E-state index in [0.717, 1.165) is 9.80 Å². The van der Waals surface area contributed by atoms with E-state index >= 15 is 0 Å². The zero-order valence-corrected chi connectivity index (χ0v) is 29.8. The molecule has 0 atom stereocenters. The van der Waals surface area contributed by atoms with Gasteiger partial charge in [-0.1, -0.05) is 54.1 Å². The summed E-state index contributed by atoms with van der Waals surface area (Å²) >= 11 is 6.71. The maximum Gasteiger partial charge on any atom is 0.336 e. The highest BCUT2D eigenvalue weighted by Crippen LogP contribution is 2.42. The van der Waals surface area contributed by atoms with E-state index in [0.29, 0.717) is 27.8 Å². The van der Waals surface area contributed by atoms with E-state index < -0.39 is 41.5 Å². The summed E-state index contributed by atoms with van der Waals surface area (Å²) < 4.78 is 22.9. The largest absolute Gasteiger partial charge is 0.463 e. The zero-order valence-electron chi connectivity index (χ0n) is 29.0. The minimum Gasteiger partial charge on any atom is -0.463 e. The predicted octanol–water partition coefficient (Wildman–Crippen LogP) is 4.29. The van der Waals surface area contributed by atoms with Crippen LogP contribution < -0.4 is 5.32 Å². The van der Waals surface area contributed by atoms with Crippen LogP contribution in [0, 0.1) is 0 Å². The second-order valence-corrected chi connectivity index (χ2v) is 12.4. The summed E-state index contributed by atoms with van der Waals surface area (Å²) in [6.45, 7) is 2.61. The Balaban J connectivity index is 1.27. The van der Waals surface area contributed by atoms with Crippen molar-refractivity contribution in [3.63, 3.8) is 0 Å². The van der Waals surface area contributed by atoms with Crippen LogP contribution in [0.2, 0.25) is 5.02 Å². The minimum atomic E-state index is -1.09. The number of hydrogen-bond acceptors (Lipinski definition) is 11. The number of imide groups is 2. The van der Waals surface area contributed by atoms with E-state index in [-0.39, 0.29) is 80.3 Å². The fourth-order valence-corrected chi connectivity index (χ4v) is 6.75. The molecule has 14 heteroatoms. The number of carbonyl (C=O) groups is 6. The van der Waals surface area contributed by atoms with Crippen LogP contribution in [0.4, 0.5) is 0 Å². The third-order valence-electron chi connectivity index (χ3n) is 8.90. The molecule has 0 radical (unpaired) electrons. The Hall–Kier alpha value is -5.63. The Morgan fingerprint density at radius 3 is 1.38 bits per heavy atom. The van der Waals surface area contributed by atoms with Gasteiger partial charge < -0.3 is 24.3 Å². The molecule has 6 rings (SSSR count). The fourth-order valence-electron chi connectivity index (χ4n) is 6.50. The van der Waals surface area contributed by atoms with Crippen molar-refractivity contribution >= 4 is 47.2 Å². The molecule has 3 aliphatic heterocycles.